The molecule has 2 nitrogen and oxygen atoms in total. The van der Waals surface area contributed by atoms with Gasteiger partial charge in [-0.3, -0.25) is 9.97 Å². The van der Waals surface area contributed by atoms with Gasteiger partial charge in [0.1, 0.15) is 0 Å². The summed E-state index contributed by atoms with van der Waals surface area (Å²) in [5, 5.41) is 6.53. The predicted molar refractivity (Wildman–Crippen MR) is 104 cm³/mol. The Labute approximate surface area is 147 Å². The molecule has 0 bridgehead atoms. The molecule has 1 aromatic carbocycles. The average Bonchev–Trinajstić information content (AvgIpc) is 3.34. The third-order valence-corrected chi connectivity index (χ3v) is 6.00. The monoisotopic (exact) mass is 344 g/mol. The molecule has 5 rings (SSSR count). The van der Waals surface area contributed by atoms with Crippen LogP contribution in [0.5, 0.6) is 0 Å². The van der Waals surface area contributed by atoms with E-state index in [4.69, 9.17) is 0 Å². The molecule has 5 aromatic rings. The normalized spacial score (nSPS) is 11.3. The van der Waals surface area contributed by atoms with Crippen LogP contribution in [0.4, 0.5) is 0 Å². The van der Waals surface area contributed by atoms with Crippen molar-refractivity contribution in [2.45, 2.75) is 0 Å². The summed E-state index contributed by atoms with van der Waals surface area (Å²) in [7, 11) is 0. The van der Waals surface area contributed by atoms with Crippen LogP contribution in [-0.2, 0) is 0 Å². The number of aromatic nitrogens is 2. The van der Waals surface area contributed by atoms with E-state index in [1.54, 1.807) is 22.7 Å². The molecule has 0 amide bonds. The molecule has 0 atom stereocenters. The molecule has 0 radical (unpaired) electrons. The Bertz CT molecular complexity index is 1050. The van der Waals surface area contributed by atoms with E-state index in [1.807, 2.05) is 12.4 Å². The highest BCUT2D eigenvalue weighted by atomic mass is 32.1. The number of thiophene rings is 2. The van der Waals surface area contributed by atoms with Crippen LogP contribution in [0.3, 0.4) is 0 Å². The SMILES string of the molecule is c1csc(-c2ccnc3c2ccc2c(-c4cccs4)ccnc23)c1. The molecule has 0 N–H and O–H groups in total. The van der Waals surface area contributed by atoms with Crippen molar-refractivity contribution in [1.29, 1.82) is 0 Å². The maximum atomic E-state index is 4.65. The first-order valence-electron chi connectivity index (χ1n) is 7.66. The standard InChI is InChI=1S/C20H12N2S2/c1-3-17(23-11-1)13-7-9-21-19-15(13)5-6-16-14(8-10-22-20(16)19)18-4-2-12-24-18/h1-12H. The molecule has 0 unspecified atom stereocenters. The molecule has 0 spiro atoms. The number of pyridine rings is 2. The first-order chi connectivity index (χ1) is 11.9. The van der Waals surface area contributed by atoms with Crippen LogP contribution in [0.2, 0.25) is 0 Å². The van der Waals surface area contributed by atoms with Crippen LogP contribution >= 0.6 is 22.7 Å². The number of fused-ring (bicyclic) bond motifs is 3. The molecular weight excluding hydrogens is 332 g/mol. The van der Waals surface area contributed by atoms with E-state index in [2.05, 4.69) is 69.3 Å². The smallest absolute Gasteiger partial charge is 0.0971 e. The Kier molecular flexibility index (Phi) is 3.18. The van der Waals surface area contributed by atoms with Crippen molar-refractivity contribution in [3.8, 4) is 20.9 Å². The van der Waals surface area contributed by atoms with Gasteiger partial charge in [-0.25, -0.2) is 0 Å². The van der Waals surface area contributed by atoms with Crippen LogP contribution in [0.15, 0.2) is 71.7 Å². The summed E-state index contributed by atoms with van der Waals surface area (Å²) in [5.41, 5.74) is 4.38. The first kappa shape index (κ1) is 13.8. The molecule has 0 fully saturated rings. The Hall–Kier alpha value is -2.56. The summed E-state index contributed by atoms with van der Waals surface area (Å²) >= 11 is 3.50. The zero-order valence-corrected chi connectivity index (χ0v) is 14.3. The van der Waals surface area contributed by atoms with Crippen molar-refractivity contribution in [2.24, 2.45) is 0 Å². The third-order valence-electron chi connectivity index (χ3n) is 4.19. The van der Waals surface area contributed by atoms with Gasteiger partial charge < -0.3 is 0 Å². The lowest BCUT2D eigenvalue weighted by atomic mass is 10.0. The summed E-state index contributed by atoms with van der Waals surface area (Å²) < 4.78 is 0. The predicted octanol–water partition coefficient (Wildman–Crippen LogP) is 6.24. The fourth-order valence-corrected chi connectivity index (χ4v) is 4.65. The summed E-state index contributed by atoms with van der Waals surface area (Å²) in [6.45, 7) is 0. The summed E-state index contributed by atoms with van der Waals surface area (Å²) in [5.74, 6) is 0. The highest BCUT2D eigenvalue weighted by Gasteiger charge is 2.12. The van der Waals surface area contributed by atoms with E-state index >= 15 is 0 Å². The highest BCUT2D eigenvalue weighted by molar-refractivity contribution is 7.14. The topological polar surface area (TPSA) is 25.8 Å². The second-order valence-corrected chi connectivity index (χ2v) is 7.42. The van der Waals surface area contributed by atoms with Crippen molar-refractivity contribution < 1.29 is 0 Å². The third kappa shape index (κ3) is 2.08. The summed E-state index contributed by atoms with van der Waals surface area (Å²) in [6.07, 6.45) is 3.77. The molecule has 114 valence electrons. The molecule has 0 aliphatic rings. The number of benzene rings is 1. The van der Waals surface area contributed by atoms with Crippen molar-refractivity contribution in [2.75, 3.05) is 0 Å². The van der Waals surface area contributed by atoms with Gasteiger partial charge in [-0.1, -0.05) is 24.3 Å². The molecule has 4 heteroatoms. The van der Waals surface area contributed by atoms with E-state index in [0.29, 0.717) is 0 Å². The molecule has 0 saturated heterocycles. The number of nitrogens with zero attached hydrogens (tertiary/aromatic N) is 2. The van der Waals surface area contributed by atoms with E-state index < -0.39 is 0 Å². The Morgan fingerprint density at radius 2 is 1.08 bits per heavy atom. The van der Waals surface area contributed by atoms with E-state index in [1.165, 1.54) is 20.9 Å². The van der Waals surface area contributed by atoms with Crippen LogP contribution in [-0.4, -0.2) is 9.97 Å². The lowest BCUT2D eigenvalue weighted by Gasteiger charge is -2.09. The van der Waals surface area contributed by atoms with Crippen LogP contribution in [0.1, 0.15) is 0 Å². The van der Waals surface area contributed by atoms with Gasteiger partial charge in [-0.2, -0.15) is 0 Å². The van der Waals surface area contributed by atoms with Crippen molar-refractivity contribution in [3.05, 3.63) is 71.7 Å². The Morgan fingerprint density at radius 1 is 0.583 bits per heavy atom. The average molecular weight is 344 g/mol. The first-order valence-corrected chi connectivity index (χ1v) is 9.42. The van der Waals surface area contributed by atoms with E-state index in [-0.39, 0.29) is 0 Å². The Morgan fingerprint density at radius 3 is 1.50 bits per heavy atom. The van der Waals surface area contributed by atoms with Gasteiger partial charge in [-0.15, -0.1) is 22.7 Å². The quantitative estimate of drug-likeness (QED) is 0.354. The molecular formula is C20H12N2S2. The number of hydrogen-bond acceptors (Lipinski definition) is 4. The number of rotatable bonds is 2. The van der Waals surface area contributed by atoms with Gasteiger partial charge in [0.05, 0.1) is 11.0 Å². The second kappa shape index (κ2) is 5.51. The van der Waals surface area contributed by atoms with Gasteiger partial charge >= 0.3 is 0 Å². The molecule has 0 aliphatic heterocycles. The van der Waals surface area contributed by atoms with Gasteiger partial charge in [0.15, 0.2) is 0 Å². The van der Waals surface area contributed by atoms with Crippen LogP contribution < -0.4 is 0 Å². The zero-order valence-electron chi connectivity index (χ0n) is 12.6. The Balaban J connectivity index is 1.86. The van der Waals surface area contributed by atoms with E-state index in [0.717, 1.165) is 21.8 Å². The van der Waals surface area contributed by atoms with Crippen LogP contribution in [0, 0.1) is 0 Å². The molecule has 4 aromatic heterocycles. The fourth-order valence-electron chi connectivity index (χ4n) is 3.12. The largest absolute Gasteiger partial charge is 0.254 e. The molecule has 0 saturated carbocycles. The van der Waals surface area contributed by atoms with Crippen molar-refractivity contribution >= 4 is 44.5 Å². The number of hydrogen-bond donors (Lipinski definition) is 0. The fraction of sp³-hybridized carbons (Fsp3) is 0. The van der Waals surface area contributed by atoms with Gasteiger partial charge in [0.25, 0.3) is 0 Å². The highest BCUT2D eigenvalue weighted by Crippen LogP contribution is 2.37. The van der Waals surface area contributed by atoms with Crippen LogP contribution in [0.25, 0.3) is 42.7 Å². The van der Waals surface area contributed by atoms with Gasteiger partial charge in [0.2, 0.25) is 0 Å². The zero-order chi connectivity index (χ0) is 15.9. The lowest BCUT2D eigenvalue weighted by molar-refractivity contribution is 1.38. The minimum atomic E-state index is 0.969. The maximum Gasteiger partial charge on any atom is 0.0971 e. The summed E-state index contributed by atoms with van der Waals surface area (Å²) in [4.78, 5) is 11.8. The minimum absolute atomic E-state index is 0.969. The van der Waals surface area contributed by atoms with Crippen molar-refractivity contribution in [3.63, 3.8) is 0 Å². The maximum absolute atomic E-state index is 4.65. The second-order valence-electron chi connectivity index (χ2n) is 5.53. The van der Waals surface area contributed by atoms with Gasteiger partial charge in [-0.05, 0) is 35.0 Å². The molecule has 24 heavy (non-hydrogen) atoms. The van der Waals surface area contributed by atoms with E-state index in [9.17, 15) is 0 Å². The summed E-state index contributed by atoms with van der Waals surface area (Å²) in [6, 6.07) is 17.0. The molecule has 0 aliphatic carbocycles. The van der Waals surface area contributed by atoms with Crippen molar-refractivity contribution in [1.82, 2.24) is 9.97 Å². The lowest BCUT2D eigenvalue weighted by Crippen LogP contribution is -1.89. The molecule has 4 heterocycles. The minimum Gasteiger partial charge on any atom is -0.254 e. The van der Waals surface area contributed by atoms with Gasteiger partial charge in [0, 0.05) is 44.0 Å².